The molecule has 102 valence electrons. The molecule has 1 aromatic rings. The van der Waals surface area contributed by atoms with Crippen molar-refractivity contribution in [3.63, 3.8) is 0 Å². The Labute approximate surface area is 121 Å². The van der Waals surface area contributed by atoms with Crippen molar-refractivity contribution in [2.45, 2.75) is 26.2 Å². The molecule has 1 aliphatic rings. The van der Waals surface area contributed by atoms with E-state index in [1.165, 1.54) is 0 Å². The molecule has 4 nitrogen and oxygen atoms in total. The molecule has 1 saturated heterocycles. The van der Waals surface area contributed by atoms with Gasteiger partial charge in [-0.25, -0.2) is 0 Å². The van der Waals surface area contributed by atoms with Crippen LogP contribution in [0.4, 0.5) is 5.69 Å². The summed E-state index contributed by atoms with van der Waals surface area (Å²) in [5.74, 6) is -0.0718. The maximum Gasteiger partial charge on any atom is 0.243 e. The van der Waals surface area contributed by atoms with Crippen LogP contribution in [0.25, 0.3) is 0 Å². The molecule has 1 heterocycles. The topological polar surface area (TPSA) is 49.4 Å². The molecule has 0 spiro atoms. The monoisotopic (exact) mass is 324 g/mol. The smallest absolute Gasteiger partial charge is 0.243 e. The first kappa shape index (κ1) is 14.1. The molecular formula is C14H17BrN2O2. The number of piperidine rings is 1. The van der Waals surface area contributed by atoms with Gasteiger partial charge >= 0.3 is 0 Å². The molecule has 0 bridgehead atoms. The van der Waals surface area contributed by atoms with E-state index in [4.69, 9.17) is 0 Å². The van der Waals surface area contributed by atoms with Crippen molar-refractivity contribution in [2.75, 3.05) is 18.4 Å². The third-order valence-corrected chi connectivity index (χ3v) is 4.07. The van der Waals surface area contributed by atoms with Gasteiger partial charge in [0.05, 0.1) is 6.54 Å². The summed E-state index contributed by atoms with van der Waals surface area (Å²) >= 11 is 3.43. The fourth-order valence-corrected chi connectivity index (χ4v) is 2.45. The van der Waals surface area contributed by atoms with Gasteiger partial charge in [-0.3, -0.25) is 9.59 Å². The molecule has 1 aliphatic heterocycles. The van der Waals surface area contributed by atoms with Crippen molar-refractivity contribution in [3.8, 4) is 0 Å². The number of hydrogen-bond acceptors (Lipinski definition) is 2. The fourth-order valence-electron chi connectivity index (χ4n) is 2.07. The second kappa shape index (κ2) is 6.19. The summed E-state index contributed by atoms with van der Waals surface area (Å²) in [4.78, 5) is 25.1. The van der Waals surface area contributed by atoms with Crippen LogP contribution in [-0.4, -0.2) is 29.8 Å². The van der Waals surface area contributed by atoms with E-state index in [1.54, 1.807) is 4.90 Å². The largest absolute Gasteiger partial charge is 0.333 e. The van der Waals surface area contributed by atoms with E-state index in [2.05, 4.69) is 21.2 Å². The summed E-state index contributed by atoms with van der Waals surface area (Å²) in [5, 5.41) is 2.81. The third kappa shape index (κ3) is 3.80. The van der Waals surface area contributed by atoms with E-state index in [9.17, 15) is 9.59 Å². The molecule has 2 rings (SSSR count). The molecule has 19 heavy (non-hydrogen) atoms. The van der Waals surface area contributed by atoms with Crippen LogP contribution in [0.2, 0.25) is 0 Å². The van der Waals surface area contributed by atoms with Crippen LogP contribution in [0.3, 0.4) is 0 Å². The maximum atomic E-state index is 11.9. The normalized spacial score (nSPS) is 15.5. The highest BCUT2D eigenvalue weighted by Gasteiger charge is 2.20. The van der Waals surface area contributed by atoms with Crippen LogP contribution in [0, 0.1) is 6.92 Å². The van der Waals surface area contributed by atoms with Gasteiger partial charge in [-0.2, -0.15) is 0 Å². The van der Waals surface area contributed by atoms with Crippen molar-refractivity contribution in [2.24, 2.45) is 0 Å². The highest BCUT2D eigenvalue weighted by atomic mass is 79.9. The van der Waals surface area contributed by atoms with E-state index < -0.39 is 0 Å². The van der Waals surface area contributed by atoms with Crippen molar-refractivity contribution < 1.29 is 9.59 Å². The van der Waals surface area contributed by atoms with E-state index in [0.29, 0.717) is 13.0 Å². The first-order valence-corrected chi connectivity index (χ1v) is 7.19. The Hall–Kier alpha value is -1.36. The van der Waals surface area contributed by atoms with E-state index in [1.807, 2.05) is 25.1 Å². The first-order chi connectivity index (χ1) is 9.06. The predicted molar refractivity (Wildman–Crippen MR) is 77.9 cm³/mol. The number of nitrogens with zero attached hydrogens (tertiary/aromatic N) is 1. The van der Waals surface area contributed by atoms with Crippen LogP contribution in [0.15, 0.2) is 22.7 Å². The number of amides is 2. The van der Waals surface area contributed by atoms with Gasteiger partial charge < -0.3 is 10.2 Å². The molecule has 1 aromatic carbocycles. The zero-order valence-electron chi connectivity index (χ0n) is 10.9. The van der Waals surface area contributed by atoms with Crippen LogP contribution in [0.1, 0.15) is 24.8 Å². The highest BCUT2D eigenvalue weighted by molar-refractivity contribution is 9.10. The minimum atomic E-state index is -0.147. The molecular weight excluding hydrogens is 308 g/mol. The summed E-state index contributed by atoms with van der Waals surface area (Å²) in [6.45, 7) is 2.82. The van der Waals surface area contributed by atoms with Gasteiger partial charge in [-0.05, 0) is 37.5 Å². The van der Waals surface area contributed by atoms with Gasteiger partial charge in [0, 0.05) is 23.1 Å². The lowest BCUT2D eigenvalue weighted by atomic mass is 10.1. The Bertz CT molecular complexity index is 502. The predicted octanol–water partition coefficient (Wildman–Crippen LogP) is 2.71. The second-order valence-corrected chi connectivity index (χ2v) is 5.64. The molecule has 1 fully saturated rings. The molecule has 5 heteroatoms. The van der Waals surface area contributed by atoms with Crippen LogP contribution in [0.5, 0.6) is 0 Å². The number of hydrogen-bond donors (Lipinski definition) is 1. The van der Waals surface area contributed by atoms with Gasteiger partial charge in [0.2, 0.25) is 11.8 Å². The molecule has 0 atom stereocenters. The number of carbonyl (C=O) groups is 2. The SMILES string of the molecule is Cc1ccc(NC(=O)CN2CCCCC2=O)cc1Br. The maximum absolute atomic E-state index is 11.9. The third-order valence-electron chi connectivity index (χ3n) is 3.21. The Morgan fingerprint density at radius 3 is 2.89 bits per heavy atom. The molecule has 0 aliphatic carbocycles. The van der Waals surface area contributed by atoms with E-state index >= 15 is 0 Å². The number of aryl methyl sites for hydroxylation is 1. The Morgan fingerprint density at radius 2 is 2.21 bits per heavy atom. The van der Waals surface area contributed by atoms with Gasteiger partial charge in [0.25, 0.3) is 0 Å². The lowest BCUT2D eigenvalue weighted by Gasteiger charge is -2.26. The van der Waals surface area contributed by atoms with E-state index in [-0.39, 0.29) is 18.4 Å². The van der Waals surface area contributed by atoms with Crippen LogP contribution >= 0.6 is 15.9 Å². The summed E-state index contributed by atoms with van der Waals surface area (Å²) in [6, 6.07) is 5.66. The number of anilines is 1. The minimum absolute atomic E-state index is 0.0755. The molecule has 2 amide bonds. The molecule has 0 aromatic heterocycles. The number of likely N-dealkylation sites (tertiary alicyclic amines) is 1. The van der Waals surface area contributed by atoms with Crippen molar-refractivity contribution in [1.82, 2.24) is 4.90 Å². The summed E-state index contributed by atoms with van der Waals surface area (Å²) in [6.07, 6.45) is 2.47. The fraction of sp³-hybridized carbons (Fsp3) is 0.429. The lowest BCUT2D eigenvalue weighted by Crippen LogP contribution is -2.40. The summed E-state index contributed by atoms with van der Waals surface area (Å²) in [5.41, 5.74) is 1.86. The first-order valence-electron chi connectivity index (χ1n) is 6.40. The van der Waals surface area contributed by atoms with E-state index in [0.717, 1.165) is 28.6 Å². The second-order valence-electron chi connectivity index (χ2n) is 4.78. The zero-order chi connectivity index (χ0) is 13.8. The number of carbonyl (C=O) groups excluding carboxylic acids is 2. The molecule has 0 unspecified atom stereocenters. The van der Waals surface area contributed by atoms with Crippen molar-refractivity contribution in [3.05, 3.63) is 28.2 Å². The molecule has 0 radical (unpaired) electrons. The zero-order valence-corrected chi connectivity index (χ0v) is 12.5. The van der Waals surface area contributed by atoms with Gasteiger partial charge in [-0.1, -0.05) is 22.0 Å². The highest BCUT2D eigenvalue weighted by Crippen LogP contribution is 2.20. The molecule has 1 N–H and O–H groups in total. The average Bonchev–Trinajstić information content (AvgIpc) is 2.37. The van der Waals surface area contributed by atoms with Crippen molar-refractivity contribution in [1.29, 1.82) is 0 Å². The van der Waals surface area contributed by atoms with Crippen LogP contribution < -0.4 is 5.32 Å². The lowest BCUT2D eigenvalue weighted by molar-refractivity contribution is -0.136. The quantitative estimate of drug-likeness (QED) is 0.929. The number of halogens is 1. The minimum Gasteiger partial charge on any atom is -0.333 e. The molecule has 0 saturated carbocycles. The van der Waals surface area contributed by atoms with Crippen molar-refractivity contribution >= 4 is 33.4 Å². The van der Waals surface area contributed by atoms with Gasteiger partial charge in [-0.15, -0.1) is 0 Å². The standard InChI is InChI=1S/C14H17BrN2O2/c1-10-5-6-11(8-12(10)15)16-13(18)9-17-7-3-2-4-14(17)19/h5-6,8H,2-4,7,9H2,1H3,(H,16,18). The van der Waals surface area contributed by atoms with Gasteiger partial charge in [0.1, 0.15) is 0 Å². The number of benzene rings is 1. The summed E-state index contributed by atoms with van der Waals surface area (Å²) in [7, 11) is 0. The number of nitrogens with one attached hydrogen (secondary N) is 1. The summed E-state index contributed by atoms with van der Waals surface area (Å²) < 4.78 is 0.958. The Morgan fingerprint density at radius 1 is 1.42 bits per heavy atom. The van der Waals surface area contributed by atoms with Gasteiger partial charge in [0.15, 0.2) is 0 Å². The Kier molecular flexibility index (Phi) is 4.58. The Balaban J connectivity index is 1.93. The van der Waals surface area contributed by atoms with Crippen LogP contribution in [-0.2, 0) is 9.59 Å². The number of rotatable bonds is 3. The average molecular weight is 325 g/mol.